The van der Waals surface area contributed by atoms with Gasteiger partial charge in [0.15, 0.2) is 9.84 Å². The molecular weight excluding hydrogens is 316 g/mol. The summed E-state index contributed by atoms with van der Waals surface area (Å²) in [5, 5.41) is 19.8. The van der Waals surface area contributed by atoms with Crippen LogP contribution in [-0.2, 0) is 14.6 Å². The quantitative estimate of drug-likeness (QED) is 0.881. The predicted octanol–water partition coefficient (Wildman–Crippen LogP) is 2.12. The summed E-state index contributed by atoms with van der Waals surface area (Å²) in [6.07, 6.45) is 0.942. The van der Waals surface area contributed by atoms with Gasteiger partial charge in [0.1, 0.15) is 0 Å². The van der Waals surface area contributed by atoms with Gasteiger partial charge in [-0.3, -0.25) is 4.79 Å². The average Bonchev–Trinajstić information content (AvgIpc) is 2.38. The molecule has 7 heteroatoms. The van der Waals surface area contributed by atoms with E-state index in [0.29, 0.717) is 17.9 Å². The van der Waals surface area contributed by atoms with E-state index in [1.165, 1.54) is 24.3 Å². The maximum Gasteiger partial charge on any atom is 0.306 e. The molecule has 0 radical (unpaired) electrons. The molecule has 1 aromatic carbocycles. The molecule has 2 rings (SSSR count). The van der Waals surface area contributed by atoms with Crippen LogP contribution in [0.4, 0.5) is 0 Å². The summed E-state index contributed by atoms with van der Waals surface area (Å²) < 4.78 is 24.6. The zero-order valence-electron chi connectivity index (χ0n) is 11.3. The fraction of sp³-hybridized carbons (Fsp3) is 0.500. The summed E-state index contributed by atoms with van der Waals surface area (Å²) in [7, 11) is -3.63. The Kier molecular flexibility index (Phi) is 4.60. The van der Waals surface area contributed by atoms with E-state index in [4.69, 9.17) is 16.7 Å². The first-order chi connectivity index (χ1) is 9.72. The molecule has 0 unspecified atom stereocenters. The van der Waals surface area contributed by atoms with Gasteiger partial charge in [0, 0.05) is 5.02 Å². The number of sulfone groups is 1. The van der Waals surface area contributed by atoms with Gasteiger partial charge in [-0.15, -0.1) is 0 Å². The van der Waals surface area contributed by atoms with Crippen molar-refractivity contribution in [3.8, 4) is 0 Å². The Hall–Kier alpha value is -1.11. The van der Waals surface area contributed by atoms with Gasteiger partial charge in [0.2, 0.25) is 0 Å². The van der Waals surface area contributed by atoms with Crippen molar-refractivity contribution in [2.75, 3.05) is 5.75 Å². The lowest BCUT2D eigenvalue weighted by Crippen LogP contribution is -2.42. The molecule has 1 aliphatic carbocycles. The summed E-state index contributed by atoms with van der Waals surface area (Å²) in [4.78, 5) is 11.0. The van der Waals surface area contributed by atoms with Gasteiger partial charge in [-0.05, 0) is 49.9 Å². The summed E-state index contributed by atoms with van der Waals surface area (Å²) in [5.41, 5.74) is -1.36. The van der Waals surface area contributed by atoms with Gasteiger partial charge in [-0.1, -0.05) is 11.6 Å². The van der Waals surface area contributed by atoms with Crippen molar-refractivity contribution < 1.29 is 23.4 Å². The van der Waals surface area contributed by atoms with Gasteiger partial charge in [-0.25, -0.2) is 8.42 Å². The van der Waals surface area contributed by atoms with E-state index in [0.717, 1.165) is 0 Å². The third-order valence-corrected chi connectivity index (χ3v) is 6.06. The zero-order chi connectivity index (χ0) is 15.7. The highest BCUT2D eigenvalue weighted by Gasteiger charge is 2.39. The molecule has 116 valence electrons. The molecule has 0 aliphatic heterocycles. The number of carboxylic acid groups (broad SMARTS) is 1. The Morgan fingerprint density at radius 3 is 2.24 bits per heavy atom. The van der Waals surface area contributed by atoms with Crippen LogP contribution in [0.3, 0.4) is 0 Å². The standard InChI is InChI=1S/C14H17ClO5S/c15-11-1-3-12(4-2-11)21(19,20)9-14(18)7-5-10(6-8-14)13(16)17/h1-4,10,18H,5-9H2,(H,16,17). The minimum absolute atomic E-state index is 0.112. The first-order valence-electron chi connectivity index (χ1n) is 6.65. The van der Waals surface area contributed by atoms with Gasteiger partial charge in [0.05, 0.1) is 22.2 Å². The monoisotopic (exact) mass is 332 g/mol. The fourth-order valence-electron chi connectivity index (χ4n) is 2.63. The molecule has 2 N–H and O–H groups in total. The Morgan fingerprint density at radius 2 is 1.76 bits per heavy atom. The third kappa shape index (κ3) is 3.96. The number of aliphatic carboxylic acids is 1. The van der Waals surface area contributed by atoms with Gasteiger partial charge in [0.25, 0.3) is 0 Å². The third-order valence-electron chi connectivity index (χ3n) is 3.90. The lowest BCUT2D eigenvalue weighted by molar-refractivity contribution is -0.144. The van der Waals surface area contributed by atoms with E-state index in [-0.39, 0.29) is 17.7 Å². The summed E-state index contributed by atoms with van der Waals surface area (Å²) >= 11 is 5.73. The smallest absolute Gasteiger partial charge is 0.306 e. The lowest BCUT2D eigenvalue weighted by Gasteiger charge is -2.34. The van der Waals surface area contributed by atoms with E-state index >= 15 is 0 Å². The van der Waals surface area contributed by atoms with Crippen molar-refractivity contribution in [1.29, 1.82) is 0 Å². The van der Waals surface area contributed by atoms with E-state index in [2.05, 4.69) is 0 Å². The lowest BCUT2D eigenvalue weighted by atomic mass is 9.80. The molecule has 5 nitrogen and oxygen atoms in total. The van der Waals surface area contributed by atoms with Crippen LogP contribution in [0, 0.1) is 5.92 Å². The maximum atomic E-state index is 12.3. The molecule has 1 aromatic rings. The number of hydrogen-bond acceptors (Lipinski definition) is 4. The zero-order valence-corrected chi connectivity index (χ0v) is 12.9. The number of rotatable bonds is 4. The predicted molar refractivity (Wildman–Crippen MR) is 78.0 cm³/mol. The molecule has 0 spiro atoms. The molecule has 0 saturated heterocycles. The second kappa shape index (κ2) is 5.94. The second-order valence-corrected chi connectivity index (χ2v) is 7.98. The number of carboxylic acids is 1. The molecule has 0 heterocycles. The van der Waals surface area contributed by atoms with Crippen molar-refractivity contribution in [3.05, 3.63) is 29.3 Å². The van der Waals surface area contributed by atoms with E-state index in [9.17, 15) is 18.3 Å². The molecule has 21 heavy (non-hydrogen) atoms. The van der Waals surface area contributed by atoms with Crippen LogP contribution in [0.25, 0.3) is 0 Å². The molecule has 0 atom stereocenters. The Bertz CT molecular complexity index is 615. The van der Waals surface area contributed by atoms with Crippen LogP contribution >= 0.6 is 11.6 Å². The van der Waals surface area contributed by atoms with E-state index in [1.54, 1.807) is 0 Å². The molecule has 0 aromatic heterocycles. The van der Waals surface area contributed by atoms with Crippen LogP contribution in [0.2, 0.25) is 5.02 Å². The van der Waals surface area contributed by atoms with Crippen molar-refractivity contribution >= 4 is 27.4 Å². The first-order valence-corrected chi connectivity index (χ1v) is 8.68. The average molecular weight is 333 g/mol. The van der Waals surface area contributed by atoms with Gasteiger partial charge in [-0.2, -0.15) is 0 Å². The summed E-state index contributed by atoms with van der Waals surface area (Å²) in [5.74, 6) is -1.78. The van der Waals surface area contributed by atoms with Crippen molar-refractivity contribution in [2.45, 2.75) is 36.2 Å². The molecule has 0 bridgehead atoms. The highest BCUT2D eigenvalue weighted by Crippen LogP contribution is 2.34. The highest BCUT2D eigenvalue weighted by atomic mass is 35.5. The van der Waals surface area contributed by atoms with Crippen LogP contribution in [0.1, 0.15) is 25.7 Å². The van der Waals surface area contributed by atoms with Crippen LogP contribution in [-0.4, -0.2) is 36.0 Å². The van der Waals surface area contributed by atoms with Crippen molar-refractivity contribution in [1.82, 2.24) is 0 Å². The minimum Gasteiger partial charge on any atom is -0.481 e. The number of halogens is 1. The van der Waals surface area contributed by atoms with Crippen LogP contribution < -0.4 is 0 Å². The SMILES string of the molecule is O=C(O)C1CCC(O)(CS(=O)(=O)c2ccc(Cl)cc2)CC1. The molecular formula is C14H17ClO5S. The Morgan fingerprint density at radius 1 is 1.24 bits per heavy atom. The normalized spacial score (nSPS) is 26.5. The largest absolute Gasteiger partial charge is 0.481 e. The van der Waals surface area contributed by atoms with Gasteiger partial charge < -0.3 is 10.2 Å². The molecule has 1 aliphatic rings. The van der Waals surface area contributed by atoms with Crippen LogP contribution in [0.5, 0.6) is 0 Å². The first kappa shape index (κ1) is 16.3. The van der Waals surface area contributed by atoms with Crippen LogP contribution in [0.15, 0.2) is 29.2 Å². The highest BCUT2D eigenvalue weighted by molar-refractivity contribution is 7.91. The summed E-state index contributed by atoms with van der Waals surface area (Å²) in [6, 6.07) is 5.79. The summed E-state index contributed by atoms with van der Waals surface area (Å²) in [6.45, 7) is 0. The number of benzene rings is 1. The molecule has 1 fully saturated rings. The Balaban J connectivity index is 2.10. The second-order valence-electron chi connectivity index (χ2n) is 5.55. The minimum atomic E-state index is -3.63. The van der Waals surface area contributed by atoms with Gasteiger partial charge >= 0.3 is 5.97 Å². The maximum absolute atomic E-state index is 12.3. The van der Waals surface area contributed by atoms with E-state index < -0.39 is 33.1 Å². The molecule has 0 amide bonds. The number of aliphatic hydroxyl groups is 1. The molecule has 1 saturated carbocycles. The van der Waals surface area contributed by atoms with Crippen molar-refractivity contribution in [3.63, 3.8) is 0 Å². The fourth-order valence-corrected chi connectivity index (χ4v) is 4.46. The van der Waals surface area contributed by atoms with Crippen molar-refractivity contribution in [2.24, 2.45) is 5.92 Å². The number of hydrogen-bond donors (Lipinski definition) is 2. The number of carbonyl (C=O) groups is 1. The topological polar surface area (TPSA) is 91.7 Å². The van der Waals surface area contributed by atoms with E-state index in [1.807, 2.05) is 0 Å². The Labute approximate surface area is 128 Å².